The van der Waals surface area contributed by atoms with Gasteiger partial charge in [0.05, 0.1) is 12.4 Å². The van der Waals surface area contributed by atoms with Gasteiger partial charge in [0, 0.05) is 24.8 Å². The van der Waals surface area contributed by atoms with Crippen molar-refractivity contribution in [3.8, 4) is 0 Å². The molecule has 1 aliphatic rings. The van der Waals surface area contributed by atoms with Crippen molar-refractivity contribution in [2.75, 3.05) is 25.5 Å². The van der Waals surface area contributed by atoms with E-state index in [1.165, 1.54) is 11.1 Å². The Morgan fingerprint density at radius 2 is 2.14 bits per heavy atom. The first kappa shape index (κ1) is 16.4. The fraction of sp³-hybridized carbons (Fsp3) is 0.588. The lowest BCUT2D eigenvalue weighted by Crippen LogP contribution is -2.30. The molecule has 1 heterocycles. The van der Waals surface area contributed by atoms with Gasteiger partial charge in [-0.2, -0.15) is 0 Å². The largest absolute Gasteiger partial charge is 0.381 e. The molecule has 21 heavy (non-hydrogen) atoms. The highest BCUT2D eigenvalue weighted by Gasteiger charge is 2.16. The number of carbonyl (C=O) groups is 1. The Kier molecular flexibility index (Phi) is 6.58. The molecule has 0 bridgehead atoms. The summed E-state index contributed by atoms with van der Waals surface area (Å²) in [6, 6.07) is 8.69. The minimum absolute atomic E-state index is 0.130. The van der Waals surface area contributed by atoms with E-state index in [1.807, 2.05) is 0 Å². The van der Waals surface area contributed by atoms with Gasteiger partial charge >= 0.3 is 0 Å². The molecule has 1 aliphatic heterocycles. The van der Waals surface area contributed by atoms with Crippen molar-refractivity contribution in [1.29, 1.82) is 0 Å². The highest BCUT2D eigenvalue weighted by atomic mass is 32.2. The summed E-state index contributed by atoms with van der Waals surface area (Å²) < 4.78 is 5.30. The van der Waals surface area contributed by atoms with E-state index < -0.39 is 0 Å². The van der Waals surface area contributed by atoms with Crippen molar-refractivity contribution in [1.82, 2.24) is 5.32 Å². The smallest absolute Gasteiger partial charge is 0.230 e. The van der Waals surface area contributed by atoms with Gasteiger partial charge in [0.25, 0.3) is 0 Å². The van der Waals surface area contributed by atoms with E-state index >= 15 is 0 Å². The normalized spacial score (nSPS) is 18.1. The van der Waals surface area contributed by atoms with Gasteiger partial charge < -0.3 is 10.1 Å². The molecule has 1 aromatic carbocycles. The summed E-state index contributed by atoms with van der Waals surface area (Å²) in [7, 11) is 0. The second-order valence-corrected chi connectivity index (χ2v) is 6.91. The van der Waals surface area contributed by atoms with Gasteiger partial charge in [0.1, 0.15) is 0 Å². The summed E-state index contributed by atoms with van der Waals surface area (Å²) in [5.74, 6) is 2.61. The molecule has 1 aromatic rings. The van der Waals surface area contributed by atoms with Gasteiger partial charge in [-0.25, -0.2) is 0 Å². The van der Waals surface area contributed by atoms with Crippen LogP contribution in [0.1, 0.15) is 37.3 Å². The fourth-order valence-electron chi connectivity index (χ4n) is 2.31. The highest BCUT2D eigenvalue weighted by Crippen LogP contribution is 2.18. The van der Waals surface area contributed by atoms with E-state index in [0.29, 0.717) is 17.6 Å². The fourth-order valence-corrected chi connectivity index (χ4v) is 3.13. The molecule has 0 radical (unpaired) electrons. The molecule has 0 saturated carbocycles. The summed E-state index contributed by atoms with van der Waals surface area (Å²) in [4.78, 5) is 11.8. The molecule has 0 spiro atoms. The lowest BCUT2D eigenvalue weighted by molar-refractivity contribution is -0.118. The zero-order valence-electron chi connectivity index (χ0n) is 12.9. The Morgan fingerprint density at radius 3 is 2.76 bits per heavy atom. The molecule has 0 aromatic heterocycles. The van der Waals surface area contributed by atoms with Crippen LogP contribution in [0, 0.1) is 5.92 Å². The molecular weight excluding hydrogens is 282 g/mol. The van der Waals surface area contributed by atoms with Gasteiger partial charge in [-0.1, -0.05) is 38.1 Å². The van der Waals surface area contributed by atoms with Crippen LogP contribution in [-0.4, -0.2) is 31.4 Å². The van der Waals surface area contributed by atoms with Crippen LogP contribution in [0.15, 0.2) is 24.3 Å². The van der Waals surface area contributed by atoms with E-state index in [9.17, 15) is 4.79 Å². The maximum Gasteiger partial charge on any atom is 0.230 e. The summed E-state index contributed by atoms with van der Waals surface area (Å²) in [5, 5.41) is 3.00. The Hall–Kier alpha value is -1.00. The highest BCUT2D eigenvalue weighted by molar-refractivity contribution is 7.99. The number of carbonyl (C=O) groups excluding carboxylic acids is 1. The van der Waals surface area contributed by atoms with Crippen molar-refractivity contribution in [3.05, 3.63) is 35.4 Å². The first-order chi connectivity index (χ1) is 10.1. The van der Waals surface area contributed by atoms with E-state index in [1.54, 1.807) is 11.8 Å². The van der Waals surface area contributed by atoms with Crippen molar-refractivity contribution >= 4 is 17.7 Å². The third-order valence-electron chi connectivity index (χ3n) is 3.76. The molecule has 1 fully saturated rings. The Bertz CT molecular complexity index is 439. The number of benzene rings is 1. The number of hydrogen-bond donors (Lipinski definition) is 1. The average Bonchev–Trinajstić information content (AvgIpc) is 2.99. The van der Waals surface area contributed by atoms with Crippen molar-refractivity contribution in [2.24, 2.45) is 5.92 Å². The predicted molar refractivity (Wildman–Crippen MR) is 88.6 cm³/mol. The van der Waals surface area contributed by atoms with Crippen LogP contribution in [-0.2, 0) is 15.3 Å². The average molecular weight is 307 g/mol. The Labute approximate surface area is 131 Å². The third kappa shape index (κ3) is 5.71. The number of ether oxygens (including phenoxy) is 1. The van der Waals surface area contributed by atoms with Crippen LogP contribution < -0.4 is 5.32 Å². The van der Waals surface area contributed by atoms with Gasteiger partial charge in [0.2, 0.25) is 5.91 Å². The van der Waals surface area contributed by atoms with E-state index in [4.69, 9.17) is 4.74 Å². The first-order valence-corrected chi connectivity index (χ1v) is 8.81. The van der Waals surface area contributed by atoms with Crippen LogP contribution in [0.3, 0.4) is 0 Å². The molecule has 0 unspecified atom stereocenters. The summed E-state index contributed by atoms with van der Waals surface area (Å²) in [5.41, 5.74) is 2.64. The standard InChI is InChI=1S/C17H25NO2S/c1-13(2)16-5-3-14(4-6-16)11-21-12-17(19)18-9-15-7-8-20-10-15/h3-6,13,15H,7-12H2,1-2H3,(H,18,19)/t15-/m1/s1. The SMILES string of the molecule is CC(C)c1ccc(CSCC(=O)NC[C@H]2CCOC2)cc1. The van der Waals surface area contributed by atoms with E-state index in [2.05, 4.69) is 43.4 Å². The first-order valence-electron chi connectivity index (χ1n) is 7.66. The lowest BCUT2D eigenvalue weighted by Gasteiger charge is -2.09. The molecule has 3 nitrogen and oxygen atoms in total. The van der Waals surface area contributed by atoms with Gasteiger partial charge in [-0.15, -0.1) is 11.8 Å². The molecule has 4 heteroatoms. The van der Waals surface area contributed by atoms with Crippen molar-refractivity contribution < 1.29 is 9.53 Å². The molecule has 1 atom stereocenters. The lowest BCUT2D eigenvalue weighted by atomic mass is 10.0. The molecular formula is C17H25NO2S. The number of nitrogens with one attached hydrogen (secondary N) is 1. The van der Waals surface area contributed by atoms with Gasteiger partial charge in [-0.05, 0) is 23.5 Å². The quantitative estimate of drug-likeness (QED) is 0.841. The number of rotatable bonds is 7. The zero-order valence-corrected chi connectivity index (χ0v) is 13.7. The molecule has 1 saturated heterocycles. The molecule has 1 amide bonds. The van der Waals surface area contributed by atoms with Crippen LogP contribution in [0.5, 0.6) is 0 Å². The number of thioether (sulfide) groups is 1. The van der Waals surface area contributed by atoms with Gasteiger partial charge in [-0.3, -0.25) is 4.79 Å². The summed E-state index contributed by atoms with van der Waals surface area (Å²) in [6.07, 6.45) is 1.07. The third-order valence-corrected chi connectivity index (χ3v) is 4.76. The topological polar surface area (TPSA) is 38.3 Å². The maximum absolute atomic E-state index is 11.8. The van der Waals surface area contributed by atoms with Crippen LogP contribution in [0.4, 0.5) is 0 Å². The Morgan fingerprint density at radius 1 is 1.38 bits per heavy atom. The Balaban J connectivity index is 1.62. The van der Waals surface area contributed by atoms with Crippen LogP contribution in [0.25, 0.3) is 0 Å². The van der Waals surface area contributed by atoms with E-state index in [0.717, 1.165) is 31.9 Å². The minimum atomic E-state index is 0.130. The van der Waals surface area contributed by atoms with Crippen molar-refractivity contribution in [3.63, 3.8) is 0 Å². The number of amides is 1. The molecule has 1 N–H and O–H groups in total. The maximum atomic E-state index is 11.8. The zero-order chi connectivity index (χ0) is 15.1. The molecule has 2 rings (SSSR count). The monoisotopic (exact) mass is 307 g/mol. The summed E-state index contributed by atoms with van der Waals surface area (Å²) in [6.45, 7) is 6.77. The minimum Gasteiger partial charge on any atom is -0.381 e. The molecule has 116 valence electrons. The van der Waals surface area contributed by atoms with Crippen LogP contribution in [0.2, 0.25) is 0 Å². The number of hydrogen-bond acceptors (Lipinski definition) is 3. The van der Waals surface area contributed by atoms with Crippen LogP contribution >= 0.6 is 11.8 Å². The predicted octanol–water partition coefficient (Wildman–Crippen LogP) is 3.20. The van der Waals surface area contributed by atoms with E-state index in [-0.39, 0.29) is 5.91 Å². The summed E-state index contributed by atoms with van der Waals surface area (Å²) >= 11 is 1.67. The molecule has 0 aliphatic carbocycles. The second-order valence-electron chi connectivity index (χ2n) is 5.92. The van der Waals surface area contributed by atoms with Gasteiger partial charge in [0.15, 0.2) is 0 Å². The second kappa shape index (κ2) is 8.44. The van der Waals surface area contributed by atoms with Crippen molar-refractivity contribution in [2.45, 2.75) is 31.9 Å².